The topological polar surface area (TPSA) is 113 Å². The van der Waals surface area contributed by atoms with Crippen molar-refractivity contribution in [1.82, 2.24) is 10.3 Å². The van der Waals surface area contributed by atoms with Crippen LogP contribution in [-0.4, -0.2) is 39.7 Å². The van der Waals surface area contributed by atoms with Crippen LogP contribution in [0.4, 0.5) is 0 Å². The highest BCUT2D eigenvalue weighted by atomic mass is 32.1. The maximum absolute atomic E-state index is 12.1. The van der Waals surface area contributed by atoms with Gasteiger partial charge in [0.05, 0.1) is 6.26 Å². The molecule has 0 aliphatic heterocycles. The molecule has 2 rings (SSSR count). The molecular weight excluding hydrogens is 296 g/mol. The molecule has 1 atom stereocenters. The van der Waals surface area contributed by atoms with E-state index in [1.165, 1.54) is 17.6 Å². The van der Waals surface area contributed by atoms with Crippen molar-refractivity contribution in [2.45, 2.75) is 19.4 Å². The molecule has 2 heterocycles. The molecule has 2 aromatic heterocycles. The summed E-state index contributed by atoms with van der Waals surface area (Å²) in [5.41, 5.74) is 0.163. The minimum atomic E-state index is -1.20. The number of rotatable bonds is 6. The van der Waals surface area contributed by atoms with Gasteiger partial charge in [0.1, 0.15) is 11.7 Å². The number of carboxylic acids is 1. The number of aliphatic carboxylic acids is 1. The summed E-state index contributed by atoms with van der Waals surface area (Å²) in [4.78, 5) is 27.9. The number of aromatic nitrogens is 1. The number of carbonyl (C=O) groups excluding carboxylic acids is 1. The Morgan fingerprint density at radius 2 is 2.29 bits per heavy atom. The lowest BCUT2D eigenvalue weighted by molar-refractivity contribution is -0.139. The van der Waals surface area contributed by atoms with Crippen molar-refractivity contribution >= 4 is 23.2 Å². The molecule has 0 aliphatic carbocycles. The first kappa shape index (κ1) is 15.2. The van der Waals surface area contributed by atoms with Gasteiger partial charge in [0.25, 0.3) is 5.91 Å². The fourth-order valence-corrected chi connectivity index (χ4v) is 2.60. The van der Waals surface area contributed by atoms with Crippen LogP contribution in [0, 0.1) is 6.92 Å². The zero-order chi connectivity index (χ0) is 15.4. The Hall–Kier alpha value is -2.19. The van der Waals surface area contributed by atoms with Crippen LogP contribution >= 0.6 is 11.3 Å². The first-order valence-electron chi connectivity index (χ1n) is 6.18. The van der Waals surface area contributed by atoms with Gasteiger partial charge in [-0.25, -0.2) is 9.78 Å². The number of amides is 1. The predicted molar refractivity (Wildman–Crippen MR) is 75.1 cm³/mol. The van der Waals surface area contributed by atoms with Crippen molar-refractivity contribution in [3.05, 3.63) is 29.0 Å². The largest absolute Gasteiger partial charge is 0.480 e. The highest BCUT2D eigenvalue weighted by molar-refractivity contribution is 7.15. The highest BCUT2D eigenvalue weighted by Gasteiger charge is 2.23. The van der Waals surface area contributed by atoms with E-state index in [-0.39, 0.29) is 18.7 Å². The number of hydrogen-bond acceptors (Lipinski definition) is 6. The molecule has 0 bridgehead atoms. The molecule has 0 saturated carbocycles. The normalized spacial score (nSPS) is 12.1. The van der Waals surface area contributed by atoms with E-state index in [0.29, 0.717) is 15.6 Å². The summed E-state index contributed by atoms with van der Waals surface area (Å²) in [5, 5.41) is 20.7. The molecule has 0 aromatic carbocycles. The summed E-state index contributed by atoms with van der Waals surface area (Å²) in [6.45, 7) is 1.39. The van der Waals surface area contributed by atoms with E-state index >= 15 is 0 Å². The van der Waals surface area contributed by atoms with Crippen molar-refractivity contribution in [3.8, 4) is 10.8 Å². The Labute approximate surface area is 124 Å². The SMILES string of the molecule is Cc1sc(-c2ccco2)nc1C(=O)N[C@@H](CCO)C(=O)O. The standard InChI is InChI=1S/C13H14N2O5S/c1-7-10(11(17)14-8(4-5-16)13(18)19)15-12(21-7)9-3-2-6-20-9/h2-3,6,8,16H,4-5H2,1H3,(H,14,17)(H,18,19)/t8-/m0/s1. The summed E-state index contributed by atoms with van der Waals surface area (Å²) in [6.07, 6.45) is 1.45. The highest BCUT2D eigenvalue weighted by Crippen LogP contribution is 2.27. The smallest absolute Gasteiger partial charge is 0.326 e. The minimum absolute atomic E-state index is 0.0602. The average Bonchev–Trinajstić information content (AvgIpc) is 3.06. The van der Waals surface area contributed by atoms with Gasteiger partial charge in [-0.15, -0.1) is 11.3 Å². The third kappa shape index (κ3) is 3.47. The maximum atomic E-state index is 12.1. The van der Waals surface area contributed by atoms with Crippen LogP contribution in [-0.2, 0) is 4.79 Å². The van der Waals surface area contributed by atoms with Gasteiger partial charge < -0.3 is 19.9 Å². The fraction of sp³-hybridized carbons (Fsp3) is 0.308. The van der Waals surface area contributed by atoms with Crippen molar-refractivity contribution in [2.75, 3.05) is 6.61 Å². The Morgan fingerprint density at radius 3 is 2.86 bits per heavy atom. The first-order valence-corrected chi connectivity index (χ1v) is 7.00. The van der Waals surface area contributed by atoms with Crippen LogP contribution in [0.5, 0.6) is 0 Å². The number of carbonyl (C=O) groups is 2. The molecule has 2 aromatic rings. The summed E-state index contributed by atoms with van der Waals surface area (Å²) in [5.74, 6) is -1.23. The molecule has 0 spiro atoms. The Morgan fingerprint density at radius 1 is 1.52 bits per heavy atom. The van der Waals surface area contributed by atoms with Gasteiger partial charge in [-0.05, 0) is 19.1 Å². The molecule has 0 aliphatic rings. The Balaban J connectivity index is 2.18. The number of nitrogens with zero attached hydrogens (tertiary/aromatic N) is 1. The first-order chi connectivity index (χ1) is 10.0. The van der Waals surface area contributed by atoms with E-state index in [9.17, 15) is 9.59 Å². The molecule has 1 amide bonds. The maximum Gasteiger partial charge on any atom is 0.326 e. The summed E-state index contributed by atoms with van der Waals surface area (Å²) >= 11 is 1.29. The second-order valence-corrected chi connectivity index (χ2v) is 5.48. The van der Waals surface area contributed by atoms with Crippen molar-refractivity contribution in [2.24, 2.45) is 0 Å². The quantitative estimate of drug-likeness (QED) is 0.741. The number of aliphatic hydroxyl groups excluding tert-OH is 1. The van der Waals surface area contributed by atoms with Crippen LogP contribution in [0.1, 0.15) is 21.8 Å². The van der Waals surface area contributed by atoms with Crippen LogP contribution in [0.15, 0.2) is 22.8 Å². The van der Waals surface area contributed by atoms with Crippen LogP contribution < -0.4 is 5.32 Å². The number of aryl methyl sites for hydroxylation is 1. The van der Waals surface area contributed by atoms with E-state index in [1.807, 2.05) is 0 Å². The molecule has 112 valence electrons. The fourth-order valence-electron chi connectivity index (χ4n) is 1.73. The number of hydrogen-bond donors (Lipinski definition) is 3. The van der Waals surface area contributed by atoms with Gasteiger partial charge in [0.2, 0.25) is 0 Å². The van der Waals surface area contributed by atoms with Gasteiger partial charge in [-0.2, -0.15) is 0 Å². The molecule has 8 heteroatoms. The summed E-state index contributed by atoms with van der Waals surface area (Å²) in [6, 6.07) is 2.30. The Bertz CT molecular complexity index is 635. The molecule has 0 unspecified atom stereocenters. The molecule has 0 radical (unpaired) electrons. The van der Waals surface area contributed by atoms with Crippen LogP contribution in [0.25, 0.3) is 10.8 Å². The third-order valence-electron chi connectivity index (χ3n) is 2.76. The summed E-state index contributed by atoms with van der Waals surface area (Å²) in [7, 11) is 0. The van der Waals surface area contributed by atoms with Gasteiger partial charge >= 0.3 is 5.97 Å². The lowest BCUT2D eigenvalue weighted by Crippen LogP contribution is -2.41. The molecular formula is C13H14N2O5S. The molecule has 0 fully saturated rings. The number of thiazole rings is 1. The number of nitrogens with one attached hydrogen (secondary N) is 1. The van der Waals surface area contributed by atoms with E-state index in [4.69, 9.17) is 14.6 Å². The summed E-state index contributed by atoms with van der Waals surface area (Å²) < 4.78 is 5.21. The van der Waals surface area contributed by atoms with Crippen molar-refractivity contribution in [3.63, 3.8) is 0 Å². The molecule has 7 nitrogen and oxygen atoms in total. The van der Waals surface area contributed by atoms with Crippen molar-refractivity contribution in [1.29, 1.82) is 0 Å². The van der Waals surface area contributed by atoms with E-state index in [2.05, 4.69) is 10.3 Å². The lowest BCUT2D eigenvalue weighted by Gasteiger charge is -2.12. The third-order valence-corrected chi connectivity index (χ3v) is 3.75. The Kier molecular flexibility index (Phi) is 4.71. The van der Waals surface area contributed by atoms with Crippen molar-refractivity contribution < 1.29 is 24.2 Å². The van der Waals surface area contributed by atoms with Gasteiger partial charge in [-0.3, -0.25) is 4.79 Å². The number of aliphatic hydroxyl groups is 1. The molecule has 3 N–H and O–H groups in total. The van der Waals surface area contributed by atoms with Gasteiger partial charge in [-0.1, -0.05) is 0 Å². The zero-order valence-electron chi connectivity index (χ0n) is 11.2. The van der Waals surface area contributed by atoms with Gasteiger partial charge in [0.15, 0.2) is 10.8 Å². The average molecular weight is 310 g/mol. The van der Waals surface area contributed by atoms with Gasteiger partial charge in [0, 0.05) is 17.9 Å². The van der Waals surface area contributed by atoms with E-state index in [1.54, 1.807) is 19.1 Å². The number of carboxylic acid groups (broad SMARTS) is 1. The monoisotopic (exact) mass is 310 g/mol. The van der Waals surface area contributed by atoms with E-state index < -0.39 is 17.9 Å². The van der Waals surface area contributed by atoms with Crippen LogP contribution in [0.3, 0.4) is 0 Å². The number of furan rings is 1. The lowest BCUT2D eigenvalue weighted by atomic mass is 10.2. The van der Waals surface area contributed by atoms with Crippen LogP contribution in [0.2, 0.25) is 0 Å². The van der Waals surface area contributed by atoms with E-state index in [0.717, 1.165) is 0 Å². The molecule has 0 saturated heterocycles. The predicted octanol–water partition coefficient (Wildman–Crippen LogP) is 1.28. The second-order valence-electron chi connectivity index (χ2n) is 4.28. The second kappa shape index (κ2) is 6.51. The minimum Gasteiger partial charge on any atom is -0.480 e. The molecule has 21 heavy (non-hydrogen) atoms. The zero-order valence-corrected chi connectivity index (χ0v) is 12.0.